The highest BCUT2D eigenvalue weighted by atomic mass is 32.2. The molecule has 17 heavy (non-hydrogen) atoms. The Morgan fingerprint density at radius 2 is 1.88 bits per heavy atom. The molecule has 0 spiro atoms. The fourth-order valence-corrected chi connectivity index (χ4v) is 3.70. The monoisotopic (exact) mass is 255 g/mol. The smallest absolute Gasteiger partial charge is 0.229 e. The summed E-state index contributed by atoms with van der Waals surface area (Å²) < 4.78 is 24.3. The standard InChI is InChI=1S/C11H13NO4S/c1-7(13)9-10(14)12-11(9)17(15,16)8-5-3-2-4-6-8/h2-7,9,11,13H,1H3,(H,12,14). The van der Waals surface area contributed by atoms with E-state index in [1.165, 1.54) is 19.1 Å². The normalized spacial score (nSPS) is 25.9. The van der Waals surface area contributed by atoms with Gasteiger partial charge in [-0.2, -0.15) is 0 Å². The van der Waals surface area contributed by atoms with Crippen molar-refractivity contribution < 1.29 is 18.3 Å². The van der Waals surface area contributed by atoms with Gasteiger partial charge in [-0.05, 0) is 19.1 Å². The van der Waals surface area contributed by atoms with Gasteiger partial charge in [0.25, 0.3) is 0 Å². The maximum absolute atomic E-state index is 12.1. The van der Waals surface area contributed by atoms with E-state index in [0.29, 0.717) is 0 Å². The van der Waals surface area contributed by atoms with E-state index in [2.05, 4.69) is 5.32 Å². The topological polar surface area (TPSA) is 83.5 Å². The lowest BCUT2D eigenvalue weighted by Gasteiger charge is -2.37. The SMILES string of the molecule is CC(O)C1C(=O)NC1S(=O)(=O)c1ccccc1. The average Bonchev–Trinajstić information content (AvgIpc) is 2.26. The van der Waals surface area contributed by atoms with Crippen molar-refractivity contribution in [2.75, 3.05) is 0 Å². The maximum Gasteiger partial charge on any atom is 0.229 e. The third-order valence-electron chi connectivity index (χ3n) is 2.84. The summed E-state index contributed by atoms with van der Waals surface area (Å²) in [5.41, 5.74) is 0. The molecule has 2 rings (SSSR count). The molecule has 0 saturated carbocycles. The summed E-state index contributed by atoms with van der Waals surface area (Å²) in [6.45, 7) is 1.41. The molecule has 0 aliphatic carbocycles. The van der Waals surface area contributed by atoms with Gasteiger partial charge in [-0.3, -0.25) is 4.79 Å². The summed E-state index contributed by atoms with van der Waals surface area (Å²) in [7, 11) is -3.62. The predicted molar refractivity (Wildman–Crippen MR) is 60.7 cm³/mol. The summed E-state index contributed by atoms with van der Waals surface area (Å²) in [6.07, 6.45) is -0.979. The molecule has 5 nitrogen and oxygen atoms in total. The Kier molecular flexibility index (Phi) is 2.92. The molecule has 0 radical (unpaired) electrons. The fraction of sp³-hybridized carbons (Fsp3) is 0.364. The van der Waals surface area contributed by atoms with Crippen molar-refractivity contribution in [3.8, 4) is 0 Å². The summed E-state index contributed by atoms with van der Waals surface area (Å²) in [6, 6.07) is 7.89. The van der Waals surface area contributed by atoms with Crippen LogP contribution in [0.3, 0.4) is 0 Å². The van der Waals surface area contributed by atoms with E-state index >= 15 is 0 Å². The summed E-state index contributed by atoms with van der Waals surface area (Å²) >= 11 is 0. The van der Waals surface area contributed by atoms with Crippen LogP contribution >= 0.6 is 0 Å². The third-order valence-corrected chi connectivity index (χ3v) is 4.85. The van der Waals surface area contributed by atoms with Crippen LogP contribution in [-0.2, 0) is 14.6 Å². The second-order valence-corrected chi connectivity index (χ2v) is 6.12. The highest BCUT2D eigenvalue weighted by molar-refractivity contribution is 7.92. The van der Waals surface area contributed by atoms with Crippen molar-refractivity contribution in [3.63, 3.8) is 0 Å². The minimum absolute atomic E-state index is 0.149. The summed E-state index contributed by atoms with van der Waals surface area (Å²) in [5.74, 6) is -1.32. The first-order chi connectivity index (χ1) is 7.94. The lowest BCUT2D eigenvalue weighted by atomic mass is 9.96. The van der Waals surface area contributed by atoms with Gasteiger partial charge in [-0.25, -0.2) is 8.42 Å². The first kappa shape index (κ1) is 12.1. The van der Waals surface area contributed by atoms with Gasteiger partial charge in [-0.1, -0.05) is 18.2 Å². The van der Waals surface area contributed by atoms with E-state index in [4.69, 9.17) is 0 Å². The van der Waals surface area contributed by atoms with Crippen LogP contribution in [0.15, 0.2) is 35.2 Å². The van der Waals surface area contributed by atoms with Crippen molar-refractivity contribution in [2.24, 2.45) is 5.92 Å². The Balaban J connectivity index is 2.33. The quantitative estimate of drug-likeness (QED) is 0.740. The van der Waals surface area contributed by atoms with E-state index in [1.807, 2.05) is 0 Å². The third kappa shape index (κ3) is 1.94. The van der Waals surface area contributed by atoms with Crippen LogP contribution in [0.25, 0.3) is 0 Å². The Labute approximate surface area is 99.4 Å². The first-order valence-electron chi connectivity index (χ1n) is 5.22. The number of sulfone groups is 1. The summed E-state index contributed by atoms with van der Waals surface area (Å²) in [5, 5.41) is 10.7. The number of amides is 1. The molecule has 1 saturated heterocycles. The second-order valence-electron chi connectivity index (χ2n) is 4.05. The minimum atomic E-state index is -3.62. The van der Waals surface area contributed by atoms with Crippen LogP contribution in [0.2, 0.25) is 0 Å². The highest BCUT2D eigenvalue weighted by Crippen LogP contribution is 2.28. The molecular formula is C11H13NO4S. The van der Waals surface area contributed by atoms with E-state index in [0.717, 1.165) is 0 Å². The van der Waals surface area contributed by atoms with Gasteiger partial charge in [0.1, 0.15) is 5.37 Å². The average molecular weight is 255 g/mol. The molecule has 1 amide bonds. The molecule has 1 aromatic carbocycles. The van der Waals surface area contributed by atoms with Gasteiger partial charge in [0.2, 0.25) is 5.91 Å². The van der Waals surface area contributed by atoms with Crippen LogP contribution in [0.1, 0.15) is 6.92 Å². The van der Waals surface area contributed by atoms with E-state index in [1.54, 1.807) is 18.2 Å². The van der Waals surface area contributed by atoms with Crippen LogP contribution < -0.4 is 5.32 Å². The van der Waals surface area contributed by atoms with Crippen LogP contribution in [0.4, 0.5) is 0 Å². The van der Waals surface area contributed by atoms with Gasteiger partial charge in [0.05, 0.1) is 16.9 Å². The molecule has 0 aromatic heterocycles. The van der Waals surface area contributed by atoms with E-state index < -0.39 is 33.1 Å². The predicted octanol–water partition coefficient (Wildman–Crippen LogP) is -0.0868. The number of aliphatic hydroxyl groups excluding tert-OH is 1. The molecule has 1 aliphatic heterocycles. The molecule has 3 unspecified atom stereocenters. The van der Waals surface area contributed by atoms with Crippen molar-refractivity contribution in [1.29, 1.82) is 0 Å². The Morgan fingerprint density at radius 1 is 1.29 bits per heavy atom. The second kappa shape index (κ2) is 4.12. The van der Waals surface area contributed by atoms with Crippen molar-refractivity contribution >= 4 is 15.7 Å². The molecule has 3 atom stereocenters. The van der Waals surface area contributed by atoms with Crippen molar-refractivity contribution in [1.82, 2.24) is 5.32 Å². The Morgan fingerprint density at radius 3 is 2.35 bits per heavy atom. The lowest BCUT2D eigenvalue weighted by molar-refractivity contribution is -0.137. The summed E-state index contributed by atoms with van der Waals surface area (Å²) in [4.78, 5) is 11.4. The number of nitrogens with one attached hydrogen (secondary N) is 1. The fourth-order valence-electron chi connectivity index (χ4n) is 1.87. The van der Waals surface area contributed by atoms with Crippen LogP contribution in [0, 0.1) is 5.92 Å². The number of hydrogen-bond acceptors (Lipinski definition) is 4. The molecule has 6 heteroatoms. The Hall–Kier alpha value is -1.40. The van der Waals surface area contributed by atoms with Gasteiger partial charge < -0.3 is 10.4 Å². The molecule has 92 valence electrons. The Bertz CT molecular complexity index is 524. The van der Waals surface area contributed by atoms with Gasteiger partial charge >= 0.3 is 0 Å². The van der Waals surface area contributed by atoms with Crippen molar-refractivity contribution in [2.45, 2.75) is 23.3 Å². The van der Waals surface area contributed by atoms with Crippen LogP contribution in [0.5, 0.6) is 0 Å². The minimum Gasteiger partial charge on any atom is -0.392 e. The highest BCUT2D eigenvalue weighted by Gasteiger charge is 2.50. The number of benzene rings is 1. The zero-order chi connectivity index (χ0) is 12.6. The van der Waals surface area contributed by atoms with E-state index in [9.17, 15) is 18.3 Å². The zero-order valence-corrected chi connectivity index (χ0v) is 10.0. The molecule has 1 fully saturated rings. The number of carbonyl (C=O) groups excluding carboxylic acids is 1. The molecule has 1 aromatic rings. The maximum atomic E-state index is 12.1. The molecular weight excluding hydrogens is 242 g/mol. The molecule has 1 aliphatic rings. The number of aliphatic hydroxyl groups is 1. The molecule has 0 bridgehead atoms. The van der Waals surface area contributed by atoms with Crippen molar-refractivity contribution in [3.05, 3.63) is 30.3 Å². The van der Waals surface area contributed by atoms with Gasteiger partial charge in [0.15, 0.2) is 9.84 Å². The first-order valence-corrected chi connectivity index (χ1v) is 6.76. The van der Waals surface area contributed by atoms with E-state index in [-0.39, 0.29) is 4.90 Å². The number of β-lactam (4-membered cyclic amide) rings is 1. The molecule has 1 heterocycles. The number of rotatable bonds is 3. The lowest BCUT2D eigenvalue weighted by Crippen LogP contribution is -2.64. The van der Waals surface area contributed by atoms with Gasteiger partial charge in [-0.15, -0.1) is 0 Å². The largest absolute Gasteiger partial charge is 0.392 e. The number of carbonyl (C=O) groups is 1. The van der Waals surface area contributed by atoms with Crippen LogP contribution in [-0.4, -0.2) is 30.9 Å². The number of hydrogen-bond donors (Lipinski definition) is 2. The molecule has 2 N–H and O–H groups in total. The zero-order valence-electron chi connectivity index (χ0n) is 9.20. The van der Waals surface area contributed by atoms with Gasteiger partial charge in [0, 0.05) is 0 Å².